The van der Waals surface area contributed by atoms with Crippen molar-refractivity contribution in [1.82, 2.24) is 14.9 Å². The molecule has 1 aliphatic heterocycles. The highest BCUT2D eigenvalue weighted by molar-refractivity contribution is 7.88. The smallest absolute Gasteiger partial charge is 0.215 e. The fraction of sp³-hybridized carbons (Fsp3) is 0.381. The van der Waals surface area contributed by atoms with Crippen LogP contribution >= 0.6 is 11.6 Å². The number of piperazine rings is 1. The minimum Gasteiger partial charge on any atom is -0.367 e. The van der Waals surface area contributed by atoms with Gasteiger partial charge in [0.25, 0.3) is 0 Å². The number of nitrogens with zero attached hydrogens (tertiary/aromatic N) is 3. The normalized spacial score (nSPS) is 15.4. The van der Waals surface area contributed by atoms with Gasteiger partial charge in [-0.3, -0.25) is 4.99 Å². The molecule has 0 aromatic heterocycles. The number of hydrogen-bond acceptors (Lipinski definition) is 4. The van der Waals surface area contributed by atoms with E-state index in [0.29, 0.717) is 6.54 Å². The van der Waals surface area contributed by atoms with Gasteiger partial charge in [-0.15, -0.1) is 0 Å². The van der Waals surface area contributed by atoms with E-state index in [0.717, 1.165) is 54.0 Å². The standard InChI is InChI=1S/C21H28ClN5O2S/c1-23-21(25-15-17-6-5-7-18(14-17)16-30(28,29)24-2)27-12-10-26(11-13-27)20-9-4-3-8-19(20)22/h3-9,14,24H,10-13,15-16H2,1-2H3,(H,23,25). The Hall–Kier alpha value is -2.29. The minimum atomic E-state index is -3.29. The van der Waals surface area contributed by atoms with Crippen molar-refractivity contribution in [2.75, 3.05) is 45.2 Å². The van der Waals surface area contributed by atoms with Gasteiger partial charge in [-0.05, 0) is 30.3 Å². The molecule has 0 aliphatic carbocycles. The van der Waals surface area contributed by atoms with Gasteiger partial charge in [0.15, 0.2) is 5.96 Å². The van der Waals surface area contributed by atoms with Gasteiger partial charge in [-0.1, -0.05) is 48.0 Å². The van der Waals surface area contributed by atoms with Crippen molar-refractivity contribution < 1.29 is 8.42 Å². The molecule has 162 valence electrons. The topological polar surface area (TPSA) is 77.0 Å². The molecule has 2 aromatic rings. The molecule has 1 aliphatic rings. The fourth-order valence-electron chi connectivity index (χ4n) is 3.50. The van der Waals surface area contributed by atoms with E-state index >= 15 is 0 Å². The number of rotatable bonds is 6. The summed E-state index contributed by atoms with van der Waals surface area (Å²) >= 11 is 6.33. The zero-order chi connectivity index (χ0) is 21.6. The van der Waals surface area contributed by atoms with E-state index in [1.165, 1.54) is 7.05 Å². The first kappa shape index (κ1) is 22.4. The first-order valence-electron chi connectivity index (χ1n) is 9.86. The molecular weight excluding hydrogens is 422 g/mol. The van der Waals surface area contributed by atoms with Gasteiger partial charge in [0.2, 0.25) is 10.0 Å². The fourth-order valence-corrected chi connectivity index (χ4v) is 4.52. The number of anilines is 1. The van der Waals surface area contributed by atoms with Crippen LogP contribution in [-0.4, -0.2) is 59.6 Å². The summed E-state index contributed by atoms with van der Waals surface area (Å²) in [6.45, 7) is 3.98. The molecule has 0 radical (unpaired) electrons. The summed E-state index contributed by atoms with van der Waals surface area (Å²) in [4.78, 5) is 8.93. The third kappa shape index (κ3) is 5.87. The van der Waals surface area contributed by atoms with E-state index in [1.807, 2.05) is 48.5 Å². The van der Waals surface area contributed by atoms with E-state index < -0.39 is 10.0 Å². The van der Waals surface area contributed by atoms with E-state index in [9.17, 15) is 8.42 Å². The largest absolute Gasteiger partial charge is 0.367 e. The molecule has 2 aromatic carbocycles. The number of guanidine groups is 1. The highest BCUT2D eigenvalue weighted by Crippen LogP contribution is 2.26. The van der Waals surface area contributed by atoms with Crippen molar-refractivity contribution in [3.8, 4) is 0 Å². The average Bonchev–Trinajstić information content (AvgIpc) is 2.75. The quantitative estimate of drug-likeness (QED) is 0.522. The first-order chi connectivity index (χ1) is 14.4. The van der Waals surface area contributed by atoms with Crippen molar-refractivity contribution in [3.63, 3.8) is 0 Å². The lowest BCUT2D eigenvalue weighted by Gasteiger charge is -2.38. The summed E-state index contributed by atoms with van der Waals surface area (Å²) in [5, 5.41) is 4.16. The summed E-state index contributed by atoms with van der Waals surface area (Å²) < 4.78 is 25.9. The third-order valence-electron chi connectivity index (χ3n) is 5.09. The van der Waals surface area contributed by atoms with Crippen LogP contribution in [0.4, 0.5) is 5.69 Å². The molecule has 0 bridgehead atoms. The van der Waals surface area contributed by atoms with Gasteiger partial charge in [-0.25, -0.2) is 13.1 Å². The summed E-state index contributed by atoms with van der Waals surface area (Å²) in [7, 11) is -0.0868. The van der Waals surface area contributed by atoms with Crippen molar-refractivity contribution >= 4 is 33.3 Å². The zero-order valence-corrected chi connectivity index (χ0v) is 18.9. The SMILES string of the molecule is CN=C(NCc1cccc(CS(=O)(=O)NC)c1)N1CCN(c2ccccc2Cl)CC1. The molecule has 1 heterocycles. The molecule has 1 fully saturated rings. The number of benzene rings is 2. The Morgan fingerprint density at radius 2 is 1.77 bits per heavy atom. The van der Waals surface area contributed by atoms with Crippen LogP contribution in [0, 0.1) is 0 Å². The summed E-state index contributed by atoms with van der Waals surface area (Å²) in [6.07, 6.45) is 0. The Balaban J connectivity index is 1.56. The highest BCUT2D eigenvalue weighted by Gasteiger charge is 2.21. The Morgan fingerprint density at radius 3 is 2.43 bits per heavy atom. The molecule has 0 saturated carbocycles. The molecule has 3 rings (SSSR count). The Bertz CT molecular complexity index is 988. The number of aliphatic imine (C=N–C) groups is 1. The molecule has 2 N–H and O–H groups in total. The maximum atomic E-state index is 11.8. The predicted molar refractivity (Wildman–Crippen MR) is 124 cm³/mol. The third-order valence-corrected chi connectivity index (χ3v) is 6.75. The number of hydrogen-bond donors (Lipinski definition) is 2. The first-order valence-corrected chi connectivity index (χ1v) is 11.9. The molecule has 7 nitrogen and oxygen atoms in total. The monoisotopic (exact) mass is 449 g/mol. The van der Waals surface area contributed by atoms with Crippen LogP contribution in [0.25, 0.3) is 0 Å². The van der Waals surface area contributed by atoms with Gasteiger partial charge in [-0.2, -0.15) is 0 Å². The van der Waals surface area contributed by atoms with Crippen LogP contribution in [0.5, 0.6) is 0 Å². The van der Waals surface area contributed by atoms with Gasteiger partial charge in [0.05, 0.1) is 16.5 Å². The predicted octanol–water partition coefficient (Wildman–Crippen LogP) is 2.29. The molecule has 9 heteroatoms. The van der Waals surface area contributed by atoms with Crippen LogP contribution in [0.2, 0.25) is 5.02 Å². The maximum absolute atomic E-state index is 11.8. The molecule has 1 saturated heterocycles. The lowest BCUT2D eigenvalue weighted by Crippen LogP contribution is -2.52. The maximum Gasteiger partial charge on any atom is 0.215 e. The van der Waals surface area contributed by atoms with Crippen LogP contribution in [0.3, 0.4) is 0 Å². The Morgan fingerprint density at radius 1 is 1.07 bits per heavy atom. The number of nitrogens with one attached hydrogen (secondary N) is 2. The van der Waals surface area contributed by atoms with Crippen molar-refractivity contribution in [3.05, 3.63) is 64.7 Å². The Labute approximate surface area is 183 Å². The average molecular weight is 450 g/mol. The molecule has 0 spiro atoms. The van der Waals surface area contributed by atoms with E-state index in [-0.39, 0.29) is 5.75 Å². The van der Waals surface area contributed by atoms with Gasteiger partial charge in [0, 0.05) is 39.8 Å². The zero-order valence-electron chi connectivity index (χ0n) is 17.3. The highest BCUT2D eigenvalue weighted by atomic mass is 35.5. The second-order valence-corrected chi connectivity index (χ2v) is 9.44. The second kappa shape index (κ2) is 10.1. The van der Waals surface area contributed by atoms with Crippen LogP contribution in [0.1, 0.15) is 11.1 Å². The second-order valence-electron chi connectivity index (χ2n) is 7.11. The lowest BCUT2D eigenvalue weighted by molar-refractivity contribution is 0.372. The molecule has 0 amide bonds. The molecule has 0 unspecified atom stereocenters. The van der Waals surface area contributed by atoms with E-state index in [4.69, 9.17) is 11.6 Å². The number of halogens is 1. The number of sulfonamides is 1. The minimum absolute atomic E-state index is 0.0317. The van der Waals surface area contributed by atoms with Crippen molar-refractivity contribution in [1.29, 1.82) is 0 Å². The van der Waals surface area contributed by atoms with Crippen LogP contribution < -0.4 is 14.9 Å². The molecule has 30 heavy (non-hydrogen) atoms. The van der Waals surface area contributed by atoms with Gasteiger partial charge < -0.3 is 15.1 Å². The summed E-state index contributed by atoms with van der Waals surface area (Å²) in [5.41, 5.74) is 2.83. The van der Waals surface area contributed by atoms with Crippen LogP contribution in [0.15, 0.2) is 53.5 Å². The van der Waals surface area contributed by atoms with E-state index in [2.05, 4.69) is 24.8 Å². The van der Waals surface area contributed by atoms with Gasteiger partial charge >= 0.3 is 0 Å². The van der Waals surface area contributed by atoms with Crippen molar-refractivity contribution in [2.45, 2.75) is 12.3 Å². The van der Waals surface area contributed by atoms with Crippen molar-refractivity contribution in [2.24, 2.45) is 4.99 Å². The molecule has 0 atom stereocenters. The summed E-state index contributed by atoms with van der Waals surface area (Å²) in [5.74, 6) is 0.804. The lowest BCUT2D eigenvalue weighted by atomic mass is 10.1. The molecular formula is C21H28ClN5O2S. The number of para-hydroxylation sites is 1. The van der Waals surface area contributed by atoms with Gasteiger partial charge in [0.1, 0.15) is 0 Å². The summed E-state index contributed by atoms with van der Waals surface area (Å²) in [6, 6.07) is 15.5. The Kier molecular flexibility index (Phi) is 7.58. The van der Waals surface area contributed by atoms with Crippen LogP contribution in [-0.2, 0) is 22.3 Å². The van der Waals surface area contributed by atoms with E-state index in [1.54, 1.807) is 7.05 Å².